The number of halogens is 3. The lowest BCUT2D eigenvalue weighted by Gasteiger charge is -2.07. The predicted octanol–water partition coefficient (Wildman–Crippen LogP) is 2.91. The average molecular weight is 300 g/mol. The van der Waals surface area contributed by atoms with Crippen molar-refractivity contribution in [3.05, 3.63) is 32.4 Å². The fourth-order valence-corrected chi connectivity index (χ4v) is 1.36. The van der Waals surface area contributed by atoms with Gasteiger partial charge in [0.25, 0.3) is 0 Å². The molecule has 0 aromatic heterocycles. The summed E-state index contributed by atoms with van der Waals surface area (Å²) in [5.74, 6) is 0. The van der Waals surface area contributed by atoms with Gasteiger partial charge in [-0.25, -0.2) is 4.39 Å². The Bertz CT molecular complexity index is 280. The average Bonchev–Trinajstić information content (AvgIpc) is 2.08. The zero-order valence-corrected chi connectivity index (χ0v) is 9.14. The van der Waals surface area contributed by atoms with Gasteiger partial charge in [-0.3, -0.25) is 0 Å². The summed E-state index contributed by atoms with van der Waals surface area (Å²) in [5, 5.41) is 0.622. The van der Waals surface area contributed by atoms with Crippen LogP contribution in [0.25, 0.3) is 0 Å². The lowest BCUT2D eigenvalue weighted by molar-refractivity contribution is 0.437. The second-order valence-corrected chi connectivity index (χ2v) is 4.00. The van der Waals surface area contributed by atoms with Crippen LogP contribution in [0.5, 0.6) is 0 Å². The van der Waals surface area contributed by atoms with E-state index in [4.69, 9.17) is 17.3 Å². The van der Waals surface area contributed by atoms with E-state index >= 15 is 0 Å². The third-order valence-corrected chi connectivity index (χ3v) is 3.11. The van der Waals surface area contributed by atoms with Gasteiger partial charge in [0.1, 0.15) is 6.67 Å². The van der Waals surface area contributed by atoms with Gasteiger partial charge in [0.05, 0.1) is 11.1 Å². The molecule has 0 aliphatic rings. The Morgan fingerprint density at radius 3 is 2.75 bits per heavy atom. The summed E-state index contributed by atoms with van der Waals surface area (Å²) in [6.07, 6.45) is 0. The third kappa shape index (κ3) is 2.31. The minimum Gasteiger partial charge on any atom is -0.322 e. The minimum absolute atomic E-state index is 0.556. The first-order valence-electron chi connectivity index (χ1n) is 3.41. The number of hydrogen-bond donors (Lipinski definition) is 1. The lowest BCUT2D eigenvalue weighted by Crippen LogP contribution is -2.11. The van der Waals surface area contributed by atoms with Gasteiger partial charge in [-0.15, -0.1) is 0 Å². The summed E-state index contributed by atoms with van der Waals surface area (Å²) in [6.45, 7) is -0.559. The van der Waals surface area contributed by atoms with E-state index in [1.807, 2.05) is 6.07 Å². The molecule has 0 spiro atoms. The molecule has 0 aliphatic carbocycles. The molecule has 66 valence electrons. The smallest absolute Gasteiger partial charge is 0.109 e. The van der Waals surface area contributed by atoms with Crippen LogP contribution in [-0.4, -0.2) is 6.67 Å². The number of rotatable bonds is 2. The van der Waals surface area contributed by atoms with E-state index in [0.29, 0.717) is 5.02 Å². The van der Waals surface area contributed by atoms with Crippen molar-refractivity contribution in [1.82, 2.24) is 0 Å². The standard InChI is InChI=1S/C8H8ClFIN/c9-6-3-5(8(12)4-10)1-2-7(6)11/h1-3,8H,4,12H2/t8-/m0/s1. The monoisotopic (exact) mass is 299 g/mol. The normalized spacial score (nSPS) is 13.0. The first-order valence-corrected chi connectivity index (χ1v) is 4.87. The van der Waals surface area contributed by atoms with Crippen molar-refractivity contribution in [2.45, 2.75) is 6.04 Å². The van der Waals surface area contributed by atoms with Crippen LogP contribution >= 0.6 is 34.2 Å². The van der Waals surface area contributed by atoms with Gasteiger partial charge in [-0.1, -0.05) is 17.7 Å². The Kier molecular flexibility index (Phi) is 3.74. The predicted molar refractivity (Wildman–Crippen MR) is 57.1 cm³/mol. The summed E-state index contributed by atoms with van der Waals surface area (Å²) in [4.78, 5) is 0. The Morgan fingerprint density at radius 1 is 1.58 bits per heavy atom. The fourth-order valence-electron chi connectivity index (χ4n) is 0.832. The molecule has 4 heteroatoms. The quantitative estimate of drug-likeness (QED) is 0.835. The van der Waals surface area contributed by atoms with Gasteiger partial charge in [0.15, 0.2) is 0 Å². The van der Waals surface area contributed by atoms with Gasteiger partial charge in [-0.2, -0.15) is 0 Å². The maximum atomic E-state index is 12.1. The zero-order chi connectivity index (χ0) is 9.14. The molecule has 2 N–H and O–H groups in total. The summed E-state index contributed by atoms with van der Waals surface area (Å²) in [6, 6.07) is 4.76. The van der Waals surface area contributed by atoms with E-state index < -0.39 is 12.7 Å². The van der Waals surface area contributed by atoms with Crippen LogP contribution in [0.4, 0.5) is 4.39 Å². The molecule has 0 fully saturated rings. The first kappa shape index (κ1) is 10.2. The van der Waals surface area contributed by atoms with Crippen LogP contribution in [0.15, 0.2) is 18.2 Å². The number of hydrogen-bond acceptors (Lipinski definition) is 1. The van der Waals surface area contributed by atoms with E-state index in [0.717, 1.165) is 9.13 Å². The van der Waals surface area contributed by atoms with Crippen molar-refractivity contribution < 1.29 is 4.39 Å². The third-order valence-electron chi connectivity index (χ3n) is 1.54. The summed E-state index contributed by atoms with van der Waals surface area (Å²) < 4.78 is 13.1. The van der Waals surface area contributed by atoms with Gasteiger partial charge in [0.2, 0.25) is 0 Å². The summed E-state index contributed by atoms with van der Waals surface area (Å²) >= 11 is 7.94. The van der Waals surface area contributed by atoms with E-state index in [1.165, 1.54) is 0 Å². The Hall–Kier alpha value is 0.130. The Labute approximate surface area is 89.2 Å². The van der Waals surface area contributed by atoms with E-state index in [9.17, 15) is 4.39 Å². The van der Waals surface area contributed by atoms with E-state index in [1.54, 1.807) is 12.1 Å². The number of alkyl halides is 1. The highest BCUT2D eigenvalue weighted by Gasteiger charge is 2.06. The highest BCUT2D eigenvalue weighted by Crippen LogP contribution is 2.22. The second kappa shape index (κ2) is 4.39. The molecule has 0 amide bonds. The van der Waals surface area contributed by atoms with Crippen molar-refractivity contribution in [2.75, 3.05) is 6.67 Å². The molecule has 0 aliphatic heterocycles. The molecule has 12 heavy (non-hydrogen) atoms. The molecule has 0 radical (unpaired) electrons. The van der Waals surface area contributed by atoms with E-state index in [-0.39, 0.29) is 0 Å². The number of benzene rings is 1. The summed E-state index contributed by atoms with van der Waals surface area (Å²) in [7, 11) is 0. The molecular formula is C8H8ClFIN. The molecular weight excluding hydrogens is 291 g/mol. The van der Waals surface area contributed by atoms with Gasteiger partial charge >= 0.3 is 0 Å². The Morgan fingerprint density at radius 2 is 2.25 bits per heavy atom. The second-order valence-electron chi connectivity index (χ2n) is 2.43. The maximum Gasteiger partial charge on any atom is 0.109 e. The number of nitrogens with two attached hydrogens (primary N) is 1. The van der Waals surface area contributed by atoms with E-state index in [2.05, 4.69) is 22.6 Å². The van der Waals surface area contributed by atoms with Crippen molar-refractivity contribution in [1.29, 1.82) is 0 Å². The van der Waals surface area contributed by atoms with Crippen LogP contribution in [0, 0.1) is 3.57 Å². The molecule has 0 bridgehead atoms. The van der Waals surface area contributed by atoms with Gasteiger partial charge in [0, 0.05) is 3.57 Å². The molecule has 1 rings (SSSR count). The van der Waals surface area contributed by atoms with Crippen molar-refractivity contribution in [3.63, 3.8) is 0 Å². The Balaban J connectivity index is 2.96. The molecule has 1 nitrogen and oxygen atoms in total. The molecule has 1 atom stereocenters. The van der Waals surface area contributed by atoms with Gasteiger partial charge in [-0.05, 0) is 40.3 Å². The van der Waals surface area contributed by atoms with Crippen molar-refractivity contribution in [2.24, 2.45) is 5.73 Å². The van der Waals surface area contributed by atoms with Crippen LogP contribution in [0.3, 0.4) is 0 Å². The van der Waals surface area contributed by atoms with Crippen LogP contribution in [-0.2, 0) is 0 Å². The van der Waals surface area contributed by atoms with Crippen LogP contribution in [0.1, 0.15) is 11.6 Å². The zero-order valence-electron chi connectivity index (χ0n) is 6.23. The highest BCUT2D eigenvalue weighted by atomic mass is 127. The molecule has 0 heterocycles. The summed E-state index contributed by atoms with van der Waals surface area (Å²) in [5.41, 5.74) is 6.22. The molecule has 1 aromatic rings. The lowest BCUT2D eigenvalue weighted by atomic mass is 10.1. The van der Waals surface area contributed by atoms with Gasteiger partial charge < -0.3 is 5.73 Å². The van der Waals surface area contributed by atoms with Crippen molar-refractivity contribution in [3.8, 4) is 0 Å². The highest BCUT2D eigenvalue weighted by molar-refractivity contribution is 14.1. The fraction of sp³-hybridized carbons (Fsp3) is 0.250. The van der Waals surface area contributed by atoms with Crippen LogP contribution in [0.2, 0.25) is 5.02 Å². The first-order chi connectivity index (χ1) is 5.65. The molecule has 0 saturated heterocycles. The molecule has 0 unspecified atom stereocenters. The largest absolute Gasteiger partial charge is 0.322 e. The van der Waals surface area contributed by atoms with Crippen molar-refractivity contribution >= 4 is 34.2 Å². The van der Waals surface area contributed by atoms with Crippen LogP contribution < -0.4 is 5.73 Å². The topological polar surface area (TPSA) is 26.0 Å². The molecule has 0 saturated carbocycles. The SMILES string of the molecule is N[C@@H](CF)c1ccc(I)c(Cl)c1. The maximum absolute atomic E-state index is 12.1. The molecule has 1 aromatic carbocycles. The minimum atomic E-state index is -0.559.